The molecule has 0 aliphatic rings. The zero-order valence-electron chi connectivity index (χ0n) is 13.3. The molecule has 0 bridgehead atoms. The molecule has 0 aliphatic carbocycles. The van der Waals surface area contributed by atoms with E-state index in [1.165, 1.54) is 0 Å². The van der Waals surface area contributed by atoms with Gasteiger partial charge in [-0.15, -0.1) is 0 Å². The quantitative estimate of drug-likeness (QED) is 0.729. The molecule has 3 aromatic rings. The minimum absolute atomic E-state index is 0.225. The van der Waals surface area contributed by atoms with Crippen LogP contribution in [0.15, 0.2) is 16.9 Å². The van der Waals surface area contributed by atoms with Gasteiger partial charge in [0.1, 0.15) is 6.54 Å². The first-order chi connectivity index (χ1) is 11.2. The number of hydrogen-bond donors (Lipinski definition) is 0. The van der Waals surface area contributed by atoms with E-state index in [9.17, 15) is 13.2 Å². The summed E-state index contributed by atoms with van der Waals surface area (Å²) in [5.74, 6) is 0.697. The molecule has 0 unspecified atom stereocenters. The van der Waals surface area contributed by atoms with E-state index in [2.05, 4.69) is 20.3 Å². The van der Waals surface area contributed by atoms with Gasteiger partial charge < -0.3 is 4.52 Å². The van der Waals surface area contributed by atoms with Crippen molar-refractivity contribution in [2.24, 2.45) is 7.05 Å². The van der Waals surface area contributed by atoms with Crippen LogP contribution in [0, 0.1) is 13.8 Å². The zero-order chi connectivity index (χ0) is 17.5. The fraction of sp³-hybridized carbons (Fsp3) is 0.429. The summed E-state index contributed by atoms with van der Waals surface area (Å²) in [6.45, 7) is 2.14. The predicted octanol–water partition coefficient (Wildman–Crippen LogP) is 2.44. The van der Waals surface area contributed by atoms with Gasteiger partial charge in [-0.05, 0) is 13.8 Å². The molecule has 0 spiro atoms. The van der Waals surface area contributed by atoms with Gasteiger partial charge in [0.25, 0.3) is 0 Å². The normalized spacial score (nSPS) is 12.1. The first-order valence-electron chi connectivity index (χ1n) is 7.14. The summed E-state index contributed by atoms with van der Waals surface area (Å²) in [5.41, 5.74) is 2.30. The molecule has 0 saturated heterocycles. The molecule has 0 atom stereocenters. The maximum atomic E-state index is 12.6. The van der Waals surface area contributed by atoms with Crippen LogP contribution in [0.4, 0.5) is 13.2 Å². The lowest BCUT2D eigenvalue weighted by Gasteiger charge is -2.08. The fourth-order valence-corrected chi connectivity index (χ4v) is 2.45. The second-order valence-electron chi connectivity index (χ2n) is 5.51. The lowest BCUT2D eigenvalue weighted by atomic mass is 10.1. The van der Waals surface area contributed by atoms with Gasteiger partial charge in [0.05, 0.1) is 23.9 Å². The summed E-state index contributed by atoms with van der Waals surface area (Å²) in [5, 5.41) is 11.9. The Hall–Kier alpha value is -2.65. The number of aryl methyl sites for hydroxylation is 2. The zero-order valence-corrected chi connectivity index (χ0v) is 13.3. The van der Waals surface area contributed by atoms with Gasteiger partial charge in [-0.25, -0.2) is 0 Å². The van der Waals surface area contributed by atoms with Gasteiger partial charge in [0, 0.05) is 24.5 Å². The molecule has 3 rings (SSSR count). The molecule has 0 aromatic carbocycles. The summed E-state index contributed by atoms with van der Waals surface area (Å²) >= 11 is 0. The van der Waals surface area contributed by atoms with Crippen LogP contribution in [-0.2, 0) is 20.0 Å². The monoisotopic (exact) mass is 340 g/mol. The maximum Gasteiger partial charge on any atom is 0.408 e. The number of halogens is 3. The Labute approximate surface area is 135 Å². The lowest BCUT2D eigenvalue weighted by Crippen LogP contribution is -2.19. The summed E-state index contributed by atoms with van der Waals surface area (Å²) < 4.78 is 45.5. The van der Waals surface area contributed by atoms with E-state index in [4.69, 9.17) is 4.52 Å². The van der Waals surface area contributed by atoms with E-state index in [1.807, 2.05) is 0 Å². The highest BCUT2D eigenvalue weighted by Crippen LogP contribution is 2.23. The Kier molecular flexibility index (Phi) is 3.90. The summed E-state index contributed by atoms with van der Waals surface area (Å²) in [6, 6.07) is 0. The Morgan fingerprint density at radius 1 is 1.25 bits per heavy atom. The van der Waals surface area contributed by atoms with Crippen molar-refractivity contribution in [3.8, 4) is 11.4 Å². The number of aromatic nitrogens is 6. The average molecular weight is 340 g/mol. The number of hydrogen-bond acceptors (Lipinski definition) is 5. The minimum atomic E-state index is -4.32. The van der Waals surface area contributed by atoms with Gasteiger partial charge in [0.15, 0.2) is 0 Å². The van der Waals surface area contributed by atoms with E-state index in [0.717, 1.165) is 4.68 Å². The van der Waals surface area contributed by atoms with Crippen LogP contribution in [0.5, 0.6) is 0 Å². The molecule has 7 nitrogen and oxygen atoms in total. The third kappa shape index (κ3) is 3.31. The number of nitrogens with zero attached hydrogens (tertiary/aromatic N) is 6. The Balaban J connectivity index is 1.83. The summed E-state index contributed by atoms with van der Waals surface area (Å²) in [4.78, 5) is 4.26. The second-order valence-corrected chi connectivity index (χ2v) is 5.51. The van der Waals surface area contributed by atoms with E-state index in [0.29, 0.717) is 34.2 Å². The van der Waals surface area contributed by atoms with Gasteiger partial charge in [-0.1, -0.05) is 5.16 Å². The van der Waals surface area contributed by atoms with Gasteiger partial charge in [-0.2, -0.15) is 28.4 Å². The van der Waals surface area contributed by atoms with Crippen molar-refractivity contribution >= 4 is 0 Å². The minimum Gasteiger partial charge on any atom is -0.339 e. The van der Waals surface area contributed by atoms with E-state index in [1.54, 1.807) is 38.0 Å². The van der Waals surface area contributed by atoms with Crippen LogP contribution in [0.2, 0.25) is 0 Å². The van der Waals surface area contributed by atoms with Crippen molar-refractivity contribution in [3.63, 3.8) is 0 Å². The van der Waals surface area contributed by atoms with Crippen molar-refractivity contribution in [3.05, 3.63) is 35.2 Å². The molecule has 0 saturated carbocycles. The van der Waals surface area contributed by atoms with Crippen LogP contribution in [0.25, 0.3) is 11.4 Å². The molecule has 0 fully saturated rings. The SMILES string of the molecule is Cc1nn(CC(F)(F)F)c(C)c1Cc1nc(-c2cnn(C)c2)no1. The third-order valence-electron chi connectivity index (χ3n) is 3.62. The summed E-state index contributed by atoms with van der Waals surface area (Å²) in [6.07, 6.45) is -0.750. The lowest BCUT2D eigenvalue weighted by molar-refractivity contribution is -0.142. The first-order valence-corrected chi connectivity index (χ1v) is 7.14. The maximum absolute atomic E-state index is 12.6. The van der Waals surface area contributed by atoms with Crippen molar-refractivity contribution in [1.82, 2.24) is 29.7 Å². The second kappa shape index (κ2) is 5.77. The third-order valence-corrected chi connectivity index (χ3v) is 3.62. The van der Waals surface area contributed by atoms with Crippen molar-refractivity contribution in [2.75, 3.05) is 0 Å². The van der Waals surface area contributed by atoms with Crippen molar-refractivity contribution < 1.29 is 17.7 Å². The summed E-state index contributed by atoms with van der Waals surface area (Å²) in [7, 11) is 1.77. The van der Waals surface area contributed by atoms with Crippen molar-refractivity contribution in [1.29, 1.82) is 0 Å². The first kappa shape index (κ1) is 16.2. The molecule has 0 amide bonds. The van der Waals surface area contributed by atoms with Crippen molar-refractivity contribution in [2.45, 2.75) is 33.0 Å². The van der Waals surface area contributed by atoms with Gasteiger partial charge in [0.2, 0.25) is 11.7 Å². The Morgan fingerprint density at radius 3 is 2.62 bits per heavy atom. The molecule has 128 valence electrons. The predicted molar refractivity (Wildman–Crippen MR) is 77.1 cm³/mol. The smallest absolute Gasteiger partial charge is 0.339 e. The molecule has 0 aliphatic heterocycles. The molecular formula is C14H15F3N6O. The standard InChI is InChI=1S/C14H15F3N6O/c1-8-11(9(2)23(20-8)7-14(15,16)17)4-12-19-13(21-24-12)10-5-18-22(3)6-10/h5-6H,4,7H2,1-3H3. The average Bonchev–Trinajstić information content (AvgIpc) is 3.15. The topological polar surface area (TPSA) is 74.6 Å². The van der Waals surface area contributed by atoms with E-state index >= 15 is 0 Å². The number of alkyl halides is 3. The molecule has 0 N–H and O–H groups in total. The Morgan fingerprint density at radius 2 is 2.00 bits per heavy atom. The Bertz CT molecular complexity index is 860. The molecule has 3 heterocycles. The largest absolute Gasteiger partial charge is 0.408 e. The molecule has 24 heavy (non-hydrogen) atoms. The van der Waals surface area contributed by atoms with Gasteiger partial charge >= 0.3 is 6.18 Å². The van der Waals surface area contributed by atoms with Crippen LogP contribution in [-0.4, -0.2) is 35.9 Å². The molecule has 3 aromatic heterocycles. The molecule has 0 radical (unpaired) electrons. The van der Waals surface area contributed by atoms with Crippen LogP contribution in [0.3, 0.4) is 0 Å². The van der Waals surface area contributed by atoms with E-state index in [-0.39, 0.29) is 6.42 Å². The van der Waals surface area contributed by atoms with E-state index < -0.39 is 12.7 Å². The van der Waals surface area contributed by atoms with Gasteiger partial charge in [-0.3, -0.25) is 9.36 Å². The number of rotatable bonds is 4. The highest BCUT2D eigenvalue weighted by Gasteiger charge is 2.30. The van der Waals surface area contributed by atoms with Crippen LogP contribution < -0.4 is 0 Å². The fourth-order valence-electron chi connectivity index (χ4n) is 2.45. The highest BCUT2D eigenvalue weighted by molar-refractivity contribution is 5.51. The van der Waals surface area contributed by atoms with Crippen LogP contribution in [0.1, 0.15) is 22.8 Å². The molecule has 10 heteroatoms. The highest BCUT2D eigenvalue weighted by atomic mass is 19.4. The molecular weight excluding hydrogens is 325 g/mol. The van der Waals surface area contributed by atoms with Crippen LogP contribution >= 0.6 is 0 Å².